The van der Waals surface area contributed by atoms with E-state index in [1.165, 1.54) is 0 Å². The first-order valence-electron chi connectivity index (χ1n) is 6.85. The Kier molecular flexibility index (Phi) is 4.39. The molecule has 5 heteroatoms. The van der Waals surface area contributed by atoms with Gasteiger partial charge >= 0.3 is 0 Å². The van der Waals surface area contributed by atoms with E-state index < -0.39 is 0 Å². The molecule has 2 N–H and O–H groups in total. The summed E-state index contributed by atoms with van der Waals surface area (Å²) in [5, 5.41) is 12.1. The first-order valence-corrected chi connectivity index (χ1v) is 6.85. The fourth-order valence-electron chi connectivity index (χ4n) is 2.04. The quantitative estimate of drug-likeness (QED) is 0.791. The first-order chi connectivity index (χ1) is 9.53. The van der Waals surface area contributed by atoms with E-state index in [0.29, 0.717) is 12.2 Å². The van der Waals surface area contributed by atoms with Gasteiger partial charge in [-0.3, -0.25) is 9.20 Å². The van der Waals surface area contributed by atoms with Crippen molar-refractivity contribution in [3.63, 3.8) is 0 Å². The summed E-state index contributed by atoms with van der Waals surface area (Å²) in [6.45, 7) is 4.79. The highest BCUT2D eigenvalue weighted by atomic mass is 16.3. The zero-order chi connectivity index (χ0) is 14.6. The second-order valence-corrected chi connectivity index (χ2v) is 5.75. The Balaban J connectivity index is 1.90. The van der Waals surface area contributed by atoms with Crippen molar-refractivity contribution in [3.05, 3.63) is 36.3 Å². The van der Waals surface area contributed by atoms with Gasteiger partial charge in [0.05, 0.1) is 6.20 Å². The highest BCUT2D eigenvalue weighted by Gasteiger charge is 2.16. The highest BCUT2D eigenvalue weighted by molar-refractivity contribution is 5.93. The molecule has 0 fully saturated rings. The number of hydrogen-bond acceptors (Lipinski definition) is 3. The molecule has 2 aromatic heterocycles. The summed E-state index contributed by atoms with van der Waals surface area (Å²) in [5.74, 6) is -0.120. The lowest BCUT2D eigenvalue weighted by molar-refractivity contribution is 0.0942. The molecule has 0 aliphatic rings. The number of aliphatic hydroxyl groups excluding tert-OH is 1. The summed E-state index contributed by atoms with van der Waals surface area (Å²) >= 11 is 0. The van der Waals surface area contributed by atoms with Crippen LogP contribution in [0.5, 0.6) is 0 Å². The van der Waals surface area contributed by atoms with Gasteiger partial charge in [-0.15, -0.1) is 0 Å². The molecule has 1 amide bonds. The second kappa shape index (κ2) is 6.05. The summed E-state index contributed by atoms with van der Waals surface area (Å²) in [6, 6.07) is 5.62. The number of nitrogens with zero attached hydrogens (tertiary/aromatic N) is 2. The Morgan fingerprint density at radius 1 is 1.45 bits per heavy atom. The molecule has 0 radical (unpaired) electrons. The maximum absolute atomic E-state index is 12.1. The zero-order valence-corrected chi connectivity index (χ0v) is 12.0. The van der Waals surface area contributed by atoms with Gasteiger partial charge in [0, 0.05) is 19.3 Å². The normalized spacial score (nSPS) is 11.8. The van der Waals surface area contributed by atoms with Crippen molar-refractivity contribution in [3.8, 4) is 0 Å². The molecule has 0 aliphatic carbocycles. The van der Waals surface area contributed by atoms with Crippen molar-refractivity contribution in [2.45, 2.75) is 26.7 Å². The molecule has 0 aromatic carbocycles. The summed E-state index contributed by atoms with van der Waals surface area (Å²) in [7, 11) is 0. The van der Waals surface area contributed by atoms with Gasteiger partial charge in [0.1, 0.15) is 11.3 Å². The number of aromatic nitrogens is 2. The van der Waals surface area contributed by atoms with Gasteiger partial charge in [-0.25, -0.2) is 4.98 Å². The fourth-order valence-corrected chi connectivity index (χ4v) is 2.04. The van der Waals surface area contributed by atoms with Crippen molar-refractivity contribution in [1.29, 1.82) is 0 Å². The molecule has 0 aliphatic heterocycles. The van der Waals surface area contributed by atoms with E-state index in [0.717, 1.165) is 18.5 Å². The standard InChI is InChI=1S/C15H21N3O2/c1-15(2,11-19)7-5-8-16-14(20)12-10-17-13-6-3-4-9-18(12)13/h3-4,6,9-10,19H,5,7-8,11H2,1-2H3,(H,16,20). The fraction of sp³-hybridized carbons (Fsp3) is 0.467. The van der Waals surface area contributed by atoms with Crippen LogP contribution in [0.15, 0.2) is 30.6 Å². The molecule has 0 atom stereocenters. The summed E-state index contributed by atoms with van der Waals surface area (Å²) < 4.78 is 1.77. The number of rotatable bonds is 6. The molecule has 0 spiro atoms. The predicted molar refractivity (Wildman–Crippen MR) is 77.6 cm³/mol. The topological polar surface area (TPSA) is 66.6 Å². The van der Waals surface area contributed by atoms with E-state index >= 15 is 0 Å². The maximum atomic E-state index is 12.1. The van der Waals surface area contributed by atoms with E-state index in [1.807, 2.05) is 38.2 Å². The lowest BCUT2D eigenvalue weighted by Gasteiger charge is -2.21. The molecular weight excluding hydrogens is 254 g/mol. The predicted octanol–water partition coefficient (Wildman–Crippen LogP) is 1.86. The number of carbonyl (C=O) groups is 1. The van der Waals surface area contributed by atoms with E-state index in [1.54, 1.807) is 10.6 Å². The van der Waals surface area contributed by atoms with Crippen molar-refractivity contribution < 1.29 is 9.90 Å². The molecule has 2 aromatic rings. The largest absolute Gasteiger partial charge is 0.396 e. The van der Waals surface area contributed by atoms with E-state index in [9.17, 15) is 9.90 Å². The molecule has 0 bridgehead atoms. The van der Waals surface area contributed by atoms with E-state index in [-0.39, 0.29) is 17.9 Å². The molecular formula is C15H21N3O2. The molecule has 5 nitrogen and oxygen atoms in total. The number of fused-ring (bicyclic) bond motifs is 1. The summed E-state index contributed by atoms with van der Waals surface area (Å²) in [6.07, 6.45) is 5.13. The minimum atomic E-state index is -0.120. The lowest BCUT2D eigenvalue weighted by Crippen LogP contribution is -2.27. The third-order valence-electron chi connectivity index (χ3n) is 3.39. The van der Waals surface area contributed by atoms with Crippen LogP contribution >= 0.6 is 0 Å². The number of hydrogen-bond donors (Lipinski definition) is 2. The number of imidazole rings is 1. The van der Waals surface area contributed by atoms with Crippen molar-refractivity contribution in [2.75, 3.05) is 13.2 Å². The Morgan fingerprint density at radius 2 is 2.25 bits per heavy atom. The average molecular weight is 275 g/mol. The molecule has 0 unspecified atom stereocenters. The van der Waals surface area contributed by atoms with Gasteiger partial charge in [-0.1, -0.05) is 19.9 Å². The van der Waals surface area contributed by atoms with Crippen LogP contribution in [0.25, 0.3) is 5.65 Å². The van der Waals surface area contributed by atoms with Crippen LogP contribution in [-0.2, 0) is 0 Å². The number of nitrogens with one attached hydrogen (secondary N) is 1. The van der Waals surface area contributed by atoms with Crippen LogP contribution in [0.4, 0.5) is 0 Å². The van der Waals surface area contributed by atoms with Crippen molar-refractivity contribution >= 4 is 11.6 Å². The maximum Gasteiger partial charge on any atom is 0.269 e. The molecule has 0 saturated carbocycles. The SMILES string of the molecule is CC(C)(CO)CCCNC(=O)c1cnc2ccccn12. The van der Waals surface area contributed by atoms with E-state index in [2.05, 4.69) is 10.3 Å². The molecule has 20 heavy (non-hydrogen) atoms. The number of amides is 1. The molecule has 108 valence electrons. The monoisotopic (exact) mass is 275 g/mol. The molecule has 2 heterocycles. The summed E-state index contributed by atoms with van der Waals surface area (Å²) in [5.41, 5.74) is 1.22. The number of aliphatic hydroxyl groups is 1. The van der Waals surface area contributed by atoms with Crippen LogP contribution in [0.1, 0.15) is 37.2 Å². The van der Waals surface area contributed by atoms with Crippen LogP contribution in [0, 0.1) is 5.41 Å². The van der Waals surface area contributed by atoms with Gasteiger partial charge in [0.15, 0.2) is 0 Å². The number of carbonyl (C=O) groups excluding carboxylic acids is 1. The molecule has 0 saturated heterocycles. The van der Waals surface area contributed by atoms with Gasteiger partial charge < -0.3 is 10.4 Å². The van der Waals surface area contributed by atoms with E-state index in [4.69, 9.17) is 0 Å². The van der Waals surface area contributed by atoms with Gasteiger partial charge in [0.2, 0.25) is 0 Å². The minimum Gasteiger partial charge on any atom is -0.396 e. The first kappa shape index (κ1) is 14.5. The Labute approximate surface area is 118 Å². The van der Waals surface area contributed by atoms with Crippen LogP contribution in [-0.4, -0.2) is 33.6 Å². The third kappa shape index (κ3) is 3.36. The minimum absolute atomic E-state index is 0.0892. The average Bonchev–Trinajstić information content (AvgIpc) is 2.87. The zero-order valence-electron chi connectivity index (χ0n) is 12.0. The number of pyridine rings is 1. The Morgan fingerprint density at radius 3 is 3.00 bits per heavy atom. The highest BCUT2D eigenvalue weighted by Crippen LogP contribution is 2.20. The van der Waals surface area contributed by atoms with Crippen molar-refractivity contribution in [1.82, 2.24) is 14.7 Å². The van der Waals surface area contributed by atoms with Gasteiger partial charge in [0.25, 0.3) is 5.91 Å². The lowest BCUT2D eigenvalue weighted by atomic mass is 9.89. The van der Waals surface area contributed by atoms with Gasteiger partial charge in [-0.05, 0) is 30.4 Å². The van der Waals surface area contributed by atoms with Crippen LogP contribution in [0.3, 0.4) is 0 Å². The third-order valence-corrected chi connectivity index (χ3v) is 3.39. The van der Waals surface area contributed by atoms with Gasteiger partial charge in [-0.2, -0.15) is 0 Å². The van der Waals surface area contributed by atoms with Crippen LogP contribution in [0.2, 0.25) is 0 Å². The Bertz CT molecular complexity index is 590. The second-order valence-electron chi connectivity index (χ2n) is 5.75. The van der Waals surface area contributed by atoms with Crippen molar-refractivity contribution in [2.24, 2.45) is 5.41 Å². The molecule has 2 rings (SSSR count). The summed E-state index contributed by atoms with van der Waals surface area (Å²) in [4.78, 5) is 16.3. The Hall–Kier alpha value is -1.88. The van der Waals surface area contributed by atoms with Crippen LogP contribution < -0.4 is 5.32 Å². The smallest absolute Gasteiger partial charge is 0.269 e.